The summed E-state index contributed by atoms with van der Waals surface area (Å²) in [6.45, 7) is 1.79. The molecule has 0 spiro atoms. The van der Waals surface area contributed by atoms with Crippen LogP contribution in [0, 0.1) is 6.92 Å². The highest BCUT2D eigenvalue weighted by atomic mass is 32.2. The number of nitrogens with zero attached hydrogens (tertiary/aromatic N) is 2. The van der Waals surface area contributed by atoms with Crippen LogP contribution in [0.15, 0.2) is 50.2 Å². The molecular weight excluding hydrogens is 328 g/mol. The van der Waals surface area contributed by atoms with Gasteiger partial charge in [0.2, 0.25) is 5.43 Å². The molecule has 1 aliphatic rings. The normalized spacial score (nSPS) is 13.5. The van der Waals surface area contributed by atoms with E-state index in [9.17, 15) is 14.7 Å². The minimum Gasteiger partial charge on any atom is -0.507 e. The van der Waals surface area contributed by atoms with E-state index in [1.165, 1.54) is 30.1 Å². The zero-order chi connectivity index (χ0) is 17.1. The van der Waals surface area contributed by atoms with Crippen LogP contribution in [0.4, 0.5) is 5.69 Å². The van der Waals surface area contributed by atoms with Gasteiger partial charge in [-0.15, -0.1) is 0 Å². The quantitative estimate of drug-likeness (QED) is 0.583. The van der Waals surface area contributed by atoms with Crippen molar-refractivity contribution >= 4 is 35.3 Å². The summed E-state index contributed by atoms with van der Waals surface area (Å²) in [6.07, 6.45) is 1.34. The van der Waals surface area contributed by atoms with Crippen molar-refractivity contribution in [2.75, 3.05) is 5.75 Å². The number of phenols is 1. The van der Waals surface area contributed by atoms with E-state index >= 15 is 0 Å². The van der Waals surface area contributed by atoms with Gasteiger partial charge in [0.15, 0.2) is 0 Å². The number of nitrogens with one attached hydrogen (secondary N) is 2. The maximum absolute atomic E-state index is 12.1. The van der Waals surface area contributed by atoms with Crippen molar-refractivity contribution in [3.63, 3.8) is 0 Å². The number of aromatic amines is 1. The molecule has 0 fully saturated rings. The second kappa shape index (κ2) is 6.71. The number of thioether (sulfide) groups is 1. The fraction of sp³-hybridized carbons (Fsp3) is 0.125. The Hall–Kier alpha value is -2.87. The van der Waals surface area contributed by atoms with E-state index in [0.29, 0.717) is 16.3 Å². The molecule has 7 nitrogen and oxygen atoms in total. The average molecular weight is 342 g/mol. The van der Waals surface area contributed by atoms with Crippen molar-refractivity contribution < 1.29 is 9.90 Å². The van der Waals surface area contributed by atoms with Gasteiger partial charge >= 0.3 is 0 Å². The Morgan fingerprint density at radius 2 is 2.25 bits per heavy atom. The molecule has 0 aliphatic carbocycles. The Kier molecular flexibility index (Phi) is 4.48. The number of aryl methyl sites for hydroxylation is 1. The predicted octanol–water partition coefficient (Wildman–Crippen LogP) is 1.72. The molecule has 0 atom stereocenters. The van der Waals surface area contributed by atoms with Crippen molar-refractivity contribution in [2.45, 2.75) is 11.9 Å². The highest BCUT2D eigenvalue weighted by Gasteiger charge is 2.20. The third-order valence-corrected chi connectivity index (χ3v) is 4.28. The summed E-state index contributed by atoms with van der Waals surface area (Å²) in [5, 5.41) is 14.1. The summed E-state index contributed by atoms with van der Waals surface area (Å²) in [4.78, 5) is 31.3. The van der Waals surface area contributed by atoms with E-state index < -0.39 is 5.91 Å². The fourth-order valence-electron chi connectivity index (χ4n) is 2.11. The van der Waals surface area contributed by atoms with Gasteiger partial charge in [-0.1, -0.05) is 23.9 Å². The molecule has 2 aromatic rings. The maximum Gasteiger partial charge on any atom is 0.286 e. The topological polar surface area (TPSA) is 107 Å². The first-order valence-electron chi connectivity index (χ1n) is 7.10. The first-order chi connectivity index (χ1) is 11.5. The fourth-order valence-corrected chi connectivity index (χ4v) is 3.10. The molecule has 0 saturated heterocycles. The zero-order valence-electron chi connectivity index (χ0n) is 12.7. The molecule has 8 heteroatoms. The number of fused-ring (bicyclic) bond motifs is 1. The molecule has 0 unspecified atom stereocenters. The molecule has 3 rings (SSSR count). The van der Waals surface area contributed by atoms with Crippen LogP contribution < -0.4 is 10.9 Å². The number of aromatic hydroxyl groups is 1. The number of aromatic nitrogens is 1. The SMILES string of the molecule is Cc1cc(=O)c2c([nH]1)SCC(C(=O)N/N=C\c1ccccc1O)=N2. The summed E-state index contributed by atoms with van der Waals surface area (Å²) >= 11 is 1.35. The Bertz CT molecular complexity index is 918. The first-order valence-corrected chi connectivity index (χ1v) is 8.09. The number of benzene rings is 1. The van der Waals surface area contributed by atoms with Gasteiger partial charge in [0, 0.05) is 23.1 Å². The van der Waals surface area contributed by atoms with Gasteiger partial charge in [0.05, 0.1) is 6.21 Å². The maximum atomic E-state index is 12.1. The number of para-hydroxylation sites is 1. The highest BCUT2D eigenvalue weighted by Crippen LogP contribution is 2.29. The molecule has 1 amide bonds. The lowest BCUT2D eigenvalue weighted by atomic mass is 10.2. The minimum atomic E-state index is -0.486. The third-order valence-electron chi connectivity index (χ3n) is 3.28. The average Bonchev–Trinajstić information content (AvgIpc) is 2.56. The Labute approximate surface area is 141 Å². The zero-order valence-corrected chi connectivity index (χ0v) is 13.6. The van der Waals surface area contributed by atoms with E-state index in [0.717, 1.165) is 5.69 Å². The van der Waals surface area contributed by atoms with Crippen molar-refractivity contribution in [1.29, 1.82) is 0 Å². The van der Waals surface area contributed by atoms with Gasteiger partial charge in [0.1, 0.15) is 22.2 Å². The van der Waals surface area contributed by atoms with Crippen molar-refractivity contribution in [3.05, 3.63) is 51.8 Å². The summed E-state index contributed by atoms with van der Waals surface area (Å²) in [5.74, 6) is -0.0821. The van der Waals surface area contributed by atoms with Gasteiger partial charge in [-0.05, 0) is 19.1 Å². The lowest BCUT2D eigenvalue weighted by molar-refractivity contribution is -0.114. The van der Waals surface area contributed by atoms with E-state index in [2.05, 4.69) is 20.5 Å². The van der Waals surface area contributed by atoms with Gasteiger partial charge in [-0.25, -0.2) is 10.4 Å². The van der Waals surface area contributed by atoms with Crippen LogP contribution in [-0.4, -0.2) is 33.7 Å². The van der Waals surface area contributed by atoms with E-state index in [1.54, 1.807) is 25.1 Å². The highest BCUT2D eigenvalue weighted by molar-refractivity contribution is 8.00. The molecule has 1 aliphatic heterocycles. The molecule has 1 aromatic carbocycles. The number of carbonyl (C=O) groups is 1. The predicted molar refractivity (Wildman–Crippen MR) is 93.5 cm³/mol. The number of carbonyl (C=O) groups excluding carboxylic acids is 1. The van der Waals surface area contributed by atoms with E-state index in [1.807, 2.05) is 0 Å². The van der Waals surface area contributed by atoms with Crippen LogP contribution in [0.5, 0.6) is 5.75 Å². The summed E-state index contributed by atoms with van der Waals surface area (Å²) in [7, 11) is 0. The number of pyridine rings is 1. The number of aliphatic imine (C=N–C) groups is 1. The molecule has 0 radical (unpaired) electrons. The molecule has 0 bridgehead atoms. The van der Waals surface area contributed by atoms with Crippen LogP contribution in [-0.2, 0) is 4.79 Å². The molecule has 24 heavy (non-hydrogen) atoms. The number of phenolic OH excluding ortho intramolecular Hbond substituents is 1. The first kappa shape index (κ1) is 16.0. The third kappa shape index (κ3) is 3.38. The van der Waals surface area contributed by atoms with Crippen LogP contribution in [0.3, 0.4) is 0 Å². The number of hydrogen-bond donors (Lipinski definition) is 3. The number of amides is 1. The Morgan fingerprint density at radius 1 is 1.46 bits per heavy atom. The van der Waals surface area contributed by atoms with Crippen LogP contribution in [0.1, 0.15) is 11.3 Å². The van der Waals surface area contributed by atoms with E-state index in [4.69, 9.17) is 0 Å². The van der Waals surface area contributed by atoms with Crippen LogP contribution in [0.2, 0.25) is 0 Å². The van der Waals surface area contributed by atoms with Crippen molar-refractivity contribution in [1.82, 2.24) is 10.4 Å². The van der Waals surface area contributed by atoms with Gasteiger partial charge in [-0.2, -0.15) is 5.10 Å². The largest absolute Gasteiger partial charge is 0.507 e. The van der Waals surface area contributed by atoms with Crippen molar-refractivity contribution in [2.24, 2.45) is 10.1 Å². The van der Waals surface area contributed by atoms with E-state index in [-0.39, 0.29) is 22.6 Å². The molecular formula is C16H14N4O3S. The van der Waals surface area contributed by atoms with Gasteiger partial charge < -0.3 is 10.1 Å². The number of H-pyrrole nitrogens is 1. The second-order valence-electron chi connectivity index (χ2n) is 5.10. The second-order valence-corrected chi connectivity index (χ2v) is 6.09. The molecule has 0 saturated carbocycles. The smallest absolute Gasteiger partial charge is 0.286 e. The Balaban J connectivity index is 1.75. The van der Waals surface area contributed by atoms with Gasteiger partial charge in [-0.3, -0.25) is 9.59 Å². The molecule has 2 heterocycles. The van der Waals surface area contributed by atoms with Crippen LogP contribution in [0.25, 0.3) is 0 Å². The number of rotatable bonds is 3. The summed E-state index contributed by atoms with van der Waals surface area (Å²) in [5.41, 5.74) is 3.82. The standard InChI is InChI=1S/C16H14N4O3S/c1-9-6-13(22)14-16(18-9)24-8-11(19-14)15(23)20-17-7-10-4-2-3-5-12(10)21/h2-7,21H,8H2,1H3,(H,18,22)(H,20,23)/b17-7-. The minimum absolute atomic E-state index is 0.0666. The lowest BCUT2D eigenvalue weighted by Gasteiger charge is -2.13. The summed E-state index contributed by atoms with van der Waals surface area (Å²) in [6, 6.07) is 8.07. The number of hydrogen-bond acceptors (Lipinski definition) is 6. The van der Waals surface area contributed by atoms with Gasteiger partial charge in [0.25, 0.3) is 5.91 Å². The monoisotopic (exact) mass is 342 g/mol. The molecule has 122 valence electrons. The molecule has 1 aromatic heterocycles. The van der Waals surface area contributed by atoms with Crippen molar-refractivity contribution in [3.8, 4) is 5.75 Å². The van der Waals surface area contributed by atoms with Crippen LogP contribution >= 0.6 is 11.8 Å². The summed E-state index contributed by atoms with van der Waals surface area (Å²) < 4.78 is 0. The lowest BCUT2D eigenvalue weighted by Crippen LogP contribution is -2.30. The molecule has 3 N–H and O–H groups in total. The number of hydrazone groups is 1. The Morgan fingerprint density at radius 3 is 3.04 bits per heavy atom.